The number of nitrogens with zero attached hydrogens (tertiary/aromatic N) is 3. The van der Waals surface area contributed by atoms with Crippen LogP contribution in [-0.4, -0.2) is 48.5 Å². The van der Waals surface area contributed by atoms with Gasteiger partial charge in [0.1, 0.15) is 5.82 Å². The fourth-order valence-corrected chi connectivity index (χ4v) is 3.56. The molecule has 1 aromatic heterocycles. The monoisotopic (exact) mass is 366 g/mol. The summed E-state index contributed by atoms with van der Waals surface area (Å²) in [5.74, 6) is 0.981. The Balaban J connectivity index is 1.64. The molecule has 5 heteroatoms. The van der Waals surface area contributed by atoms with E-state index in [-0.39, 0.29) is 5.91 Å². The lowest BCUT2D eigenvalue weighted by molar-refractivity contribution is 0.0761. The van der Waals surface area contributed by atoms with Gasteiger partial charge in [-0.15, -0.1) is 0 Å². The lowest BCUT2D eigenvalue weighted by Crippen LogP contribution is -2.37. The summed E-state index contributed by atoms with van der Waals surface area (Å²) in [7, 11) is 0. The number of benzene rings is 1. The molecule has 1 amide bonds. The average Bonchev–Trinajstić information content (AvgIpc) is 3.01. The second kappa shape index (κ2) is 10.1. The molecule has 1 saturated heterocycles. The standard InChI is InChI=1S/C22H30N4O/c23-13-17-26(16-12-19-8-4-3-5-9-19)22(27)20-10-11-21(24-18-20)25-14-6-1-2-7-15-25/h3-5,8-11,18H,1-2,6-7,12-17,23H2. The molecule has 0 spiro atoms. The lowest BCUT2D eigenvalue weighted by atomic mass is 10.1. The van der Waals surface area contributed by atoms with Gasteiger partial charge in [0.2, 0.25) is 0 Å². The summed E-state index contributed by atoms with van der Waals surface area (Å²) < 4.78 is 0. The van der Waals surface area contributed by atoms with Gasteiger partial charge < -0.3 is 15.5 Å². The SMILES string of the molecule is NCCN(CCc1ccccc1)C(=O)c1ccc(N2CCCCCC2)nc1. The summed E-state index contributed by atoms with van der Waals surface area (Å²) in [5, 5.41) is 0. The van der Waals surface area contributed by atoms with Gasteiger partial charge >= 0.3 is 0 Å². The largest absolute Gasteiger partial charge is 0.357 e. The molecule has 1 aliphatic heterocycles. The maximum Gasteiger partial charge on any atom is 0.255 e. The van der Waals surface area contributed by atoms with Crippen LogP contribution < -0.4 is 10.6 Å². The number of carbonyl (C=O) groups is 1. The summed E-state index contributed by atoms with van der Waals surface area (Å²) >= 11 is 0. The molecule has 27 heavy (non-hydrogen) atoms. The van der Waals surface area contributed by atoms with E-state index in [9.17, 15) is 4.79 Å². The van der Waals surface area contributed by atoms with Gasteiger partial charge in [-0.05, 0) is 37.0 Å². The van der Waals surface area contributed by atoms with E-state index in [1.54, 1.807) is 6.20 Å². The third-order valence-electron chi connectivity index (χ3n) is 5.12. The van der Waals surface area contributed by atoms with Gasteiger partial charge in [-0.3, -0.25) is 4.79 Å². The van der Waals surface area contributed by atoms with Gasteiger partial charge in [0.25, 0.3) is 5.91 Å². The molecule has 0 aliphatic carbocycles. The van der Waals surface area contributed by atoms with E-state index < -0.39 is 0 Å². The molecule has 0 saturated carbocycles. The Labute approximate surface area is 162 Å². The molecular formula is C22H30N4O. The summed E-state index contributed by atoms with van der Waals surface area (Å²) in [5.41, 5.74) is 7.59. The molecule has 3 rings (SSSR count). The van der Waals surface area contributed by atoms with Crippen LogP contribution in [0, 0.1) is 0 Å². The van der Waals surface area contributed by atoms with Crippen molar-refractivity contribution < 1.29 is 4.79 Å². The molecule has 0 unspecified atom stereocenters. The first kappa shape index (κ1) is 19.4. The zero-order chi connectivity index (χ0) is 18.9. The van der Waals surface area contributed by atoms with Crippen molar-refractivity contribution in [1.29, 1.82) is 0 Å². The molecule has 1 fully saturated rings. The molecule has 2 aromatic rings. The fourth-order valence-electron chi connectivity index (χ4n) is 3.56. The Hall–Kier alpha value is -2.40. The first-order chi connectivity index (χ1) is 13.3. The zero-order valence-corrected chi connectivity index (χ0v) is 16.0. The number of nitrogens with two attached hydrogens (primary N) is 1. The highest BCUT2D eigenvalue weighted by Gasteiger charge is 2.17. The van der Waals surface area contributed by atoms with E-state index >= 15 is 0 Å². The first-order valence-electron chi connectivity index (χ1n) is 10.0. The van der Waals surface area contributed by atoms with Crippen LogP contribution in [0.3, 0.4) is 0 Å². The summed E-state index contributed by atoms with van der Waals surface area (Å²) in [4.78, 5) is 21.6. The molecule has 144 valence electrons. The van der Waals surface area contributed by atoms with Crippen LogP contribution in [0.2, 0.25) is 0 Å². The van der Waals surface area contributed by atoms with Crippen LogP contribution in [0.5, 0.6) is 0 Å². The highest BCUT2D eigenvalue weighted by atomic mass is 16.2. The Kier molecular flexibility index (Phi) is 7.22. The number of rotatable bonds is 7. The lowest BCUT2D eigenvalue weighted by Gasteiger charge is -2.23. The summed E-state index contributed by atoms with van der Waals surface area (Å²) in [6.07, 6.45) is 7.56. The average molecular weight is 367 g/mol. The van der Waals surface area contributed by atoms with Crippen LogP contribution >= 0.6 is 0 Å². The van der Waals surface area contributed by atoms with Crippen LogP contribution in [0.25, 0.3) is 0 Å². The molecule has 0 atom stereocenters. The van der Waals surface area contributed by atoms with Crippen molar-refractivity contribution in [3.8, 4) is 0 Å². The van der Waals surface area contributed by atoms with Crippen molar-refractivity contribution in [3.63, 3.8) is 0 Å². The van der Waals surface area contributed by atoms with E-state index in [4.69, 9.17) is 5.73 Å². The Morgan fingerprint density at radius 3 is 2.37 bits per heavy atom. The Morgan fingerprint density at radius 2 is 1.74 bits per heavy atom. The van der Waals surface area contributed by atoms with Gasteiger partial charge in [0.05, 0.1) is 5.56 Å². The molecule has 1 aromatic carbocycles. The maximum absolute atomic E-state index is 12.9. The normalized spacial score (nSPS) is 14.6. The number of amides is 1. The molecule has 1 aliphatic rings. The van der Waals surface area contributed by atoms with E-state index in [1.807, 2.05) is 35.2 Å². The number of hydrogen-bond acceptors (Lipinski definition) is 4. The van der Waals surface area contributed by atoms with Crippen molar-refractivity contribution in [2.75, 3.05) is 37.6 Å². The number of anilines is 1. The third kappa shape index (κ3) is 5.54. The van der Waals surface area contributed by atoms with Crippen molar-refractivity contribution in [2.24, 2.45) is 5.73 Å². The van der Waals surface area contributed by atoms with Crippen LogP contribution in [-0.2, 0) is 6.42 Å². The molecular weight excluding hydrogens is 336 g/mol. The summed E-state index contributed by atoms with van der Waals surface area (Å²) in [6.45, 7) is 3.78. The molecule has 2 N–H and O–H groups in total. The Bertz CT molecular complexity index is 694. The third-order valence-corrected chi connectivity index (χ3v) is 5.12. The van der Waals surface area contributed by atoms with Gasteiger partial charge in [0.15, 0.2) is 0 Å². The minimum Gasteiger partial charge on any atom is -0.357 e. The number of pyridine rings is 1. The maximum atomic E-state index is 12.9. The molecule has 2 heterocycles. The van der Waals surface area contributed by atoms with E-state index in [1.165, 1.54) is 31.2 Å². The quantitative estimate of drug-likeness (QED) is 0.818. The number of hydrogen-bond donors (Lipinski definition) is 1. The highest BCUT2D eigenvalue weighted by Crippen LogP contribution is 2.18. The van der Waals surface area contributed by atoms with Gasteiger partial charge in [-0.2, -0.15) is 0 Å². The Morgan fingerprint density at radius 1 is 1.00 bits per heavy atom. The zero-order valence-electron chi connectivity index (χ0n) is 16.0. The summed E-state index contributed by atoms with van der Waals surface area (Å²) in [6, 6.07) is 14.1. The van der Waals surface area contributed by atoms with Crippen LogP contribution in [0.4, 0.5) is 5.82 Å². The predicted octanol–water partition coefficient (Wildman–Crippen LogP) is 3.11. The van der Waals surface area contributed by atoms with Gasteiger partial charge in [-0.25, -0.2) is 4.98 Å². The van der Waals surface area contributed by atoms with Gasteiger partial charge in [-0.1, -0.05) is 43.2 Å². The number of aromatic nitrogens is 1. The second-order valence-electron chi connectivity index (χ2n) is 7.12. The fraction of sp³-hybridized carbons (Fsp3) is 0.455. The smallest absolute Gasteiger partial charge is 0.255 e. The number of carbonyl (C=O) groups excluding carboxylic acids is 1. The van der Waals surface area contributed by atoms with E-state index in [0.717, 1.165) is 25.3 Å². The van der Waals surface area contributed by atoms with Gasteiger partial charge in [0, 0.05) is 38.9 Å². The highest BCUT2D eigenvalue weighted by molar-refractivity contribution is 5.94. The molecule has 5 nitrogen and oxygen atoms in total. The predicted molar refractivity (Wildman–Crippen MR) is 110 cm³/mol. The molecule has 0 bridgehead atoms. The van der Waals surface area contributed by atoms with Crippen molar-refractivity contribution in [3.05, 3.63) is 59.8 Å². The van der Waals surface area contributed by atoms with Crippen molar-refractivity contribution >= 4 is 11.7 Å². The second-order valence-corrected chi connectivity index (χ2v) is 7.12. The minimum absolute atomic E-state index is 0.00583. The van der Waals surface area contributed by atoms with Crippen LogP contribution in [0.15, 0.2) is 48.7 Å². The topological polar surface area (TPSA) is 62.5 Å². The van der Waals surface area contributed by atoms with Crippen LogP contribution in [0.1, 0.15) is 41.6 Å². The van der Waals surface area contributed by atoms with E-state index in [0.29, 0.717) is 25.2 Å². The first-order valence-corrected chi connectivity index (χ1v) is 10.0. The van der Waals surface area contributed by atoms with Crippen molar-refractivity contribution in [2.45, 2.75) is 32.1 Å². The van der Waals surface area contributed by atoms with Crippen molar-refractivity contribution in [1.82, 2.24) is 9.88 Å². The van der Waals surface area contributed by atoms with E-state index in [2.05, 4.69) is 22.0 Å². The minimum atomic E-state index is 0.00583. The molecule has 0 radical (unpaired) electrons.